The topological polar surface area (TPSA) is 55.8 Å². The SMILES string of the molecule is COCCN1C(=O)S/C(=C/c2ccc(OCc3ccc(F)cc3)c(I)c2)C1=O. The number of methoxy groups -OCH3 is 1. The molecule has 0 unspecified atom stereocenters. The Hall–Kier alpha value is -1.91. The van der Waals surface area contributed by atoms with Crippen molar-refractivity contribution >= 4 is 51.6 Å². The molecule has 1 aliphatic heterocycles. The number of benzene rings is 2. The Morgan fingerprint density at radius 3 is 2.61 bits per heavy atom. The van der Waals surface area contributed by atoms with Crippen LogP contribution in [0.3, 0.4) is 0 Å². The number of carbonyl (C=O) groups is 2. The van der Waals surface area contributed by atoms with E-state index in [9.17, 15) is 14.0 Å². The zero-order valence-corrected chi connectivity index (χ0v) is 18.0. The molecule has 0 spiro atoms. The van der Waals surface area contributed by atoms with Gasteiger partial charge in [0.1, 0.15) is 18.2 Å². The Morgan fingerprint density at radius 2 is 1.93 bits per heavy atom. The number of halogens is 2. The maximum absolute atomic E-state index is 13.0. The van der Waals surface area contributed by atoms with Crippen LogP contribution in [0.4, 0.5) is 9.18 Å². The Kier molecular flexibility index (Phi) is 7.08. The van der Waals surface area contributed by atoms with E-state index in [4.69, 9.17) is 9.47 Å². The van der Waals surface area contributed by atoms with Crippen molar-refractivity contribution in [1.29, 1.82) is 0 Å². The normalized spacial score (nSPS) is 15.5. The summed E-state index contributed by atoms with van der Waals surface area (Å²) in [4.78, 5) is 25.9. The standard InChI is InChI=1S/C20H17FINO4S/c1-26-9-8-23-19(24)18(28-20(23)25)11-14-4-7-17(16(22)10-14)27-12-13-2-5-15(21)6-3-13/h2-7,10-11H,8-9,12H2,1H3/b18-11+. The fourth-order valence-corrected chi connectivity index (χ4v) is 4.05. The van der Waals surface area contributed by atoms with Gasteiger partial charge in [-0.15, -0.1) is 0 Å². The van der Waals surface area contributed by atoms with Crippen molar-refractivity contribution in [3.05, 3.63) is 67.9 Å². The summed E-state index contributed by atoms with van der Waals surface area (Å²) >= 11 is 3.08. The van der Waals surface area contributed by atoms with Crippen molar-refractivity contribution in [3.63, 3.8) is 0 Å². The van der Waals surface area contributed by atoms with Gasteiger partial charge in [0, 0.05) is 7.11 Å². The van der Waals surface area contributed by atoms with E-state index in [1.165, 1.54) is 24.1 Å². The molecule has 2 amide bonds. The molecule has 2 aromatic rings. The number of rotatable bonds is 7. The van der Waals surface area contributed by atoms with Crippen molar-refractivity contribution in [1.82, 2.24) is 4.90 Å². The van der Waals surface area contributed by atoms with E-state index in [1.54, 1.807) is 18.2 Å². The lowest BCUT2D eigenvalue weighted by Crippen LogP contribution is -2.31. The molecule has 2 aromatic carbocycles. The first-order valence-electron chi connectivity index (χ1n) is 8.39. The lowest BCUT2D eigenvalue weighted by atomic mass is 10.2. The van der Waals surface area contributed by atoms with Crippen LogP contribution in [-0.4, -0.2) is 36.3 Å². The molecule has 0 N–H and O–H groups in total. The summed E-state index contributed by atoms with van der Waals surface area (Å²) < 4.78 is 24.6. The second-order valence-electron chi connectivity index (χ2n) is 5.93. The molecule has 1 fully saturated rings. The molecule has 146 valence electrons. The van der Waals surface area contributed by atoms with Crippen LogP contribution in [0.2, 0.25) is 0 Å². The third kappa shape index (κ3) is 5.12. The minimum Gasteiger partial charge on any atom is -0.488 e. The maximum Gasteiger partial charge on any atom is 0.293 e. The van der Waals surface area contributed by atoms with E-state index < -0.39 is 0 Å². The summed E-state index contributed by atoms with van der Waals surface area (Å²) in [6, 6.07) is 11.7. The summed E-state index contributed by atoms with van der Waals surface area (Å²) in [6.45, 7) is 0.879. The molecule has 28 heavy (non-hydrogen) atoms. The summed E-state index contributed by atoms with van der Waals surface area (Å²) in [5.41, 5.74) is 1.67. The minimum atomic E-state index is -0.307. The van der Waals surface area contributed by atoms with Crippen LogP contribution in [-0.2, 0) is 16.1 Å². The highest BCUT2D eigenvalue weighted by Crippen LogP contribution is 2.33. The van der Waals surface area contributed by atoms with Crippen LogP contribution in [0, 0.1) is 9.39 Å². The quantitative estimate of drug-likeness (QED) is 0.397. The molecular weight excluding hydrogens is 496 g/mol. The van der Waals surface area contributed by atoms with Crippen LogP contribution in [0.1, 0.15) is 11.1 Å². The minimum absolute atomic E-state index is 0.242. The van der Waals surface area contributed by atoms with Gasteiger partial charge in [0.15, 0.2) is 0 Å². The van der Waals surface area contributed by atoms with Crippen LogP contribution >= 0.6 is 34.4 Å². The van der Waals surface area contributed by atoms with Crippen molar-refractivity contribution in [2.75, 3.05) is 20.3 Å². The maximum atomic E-state index is 13.0. The fraction of sp³-hybridized carbons (Fsp3) is 0.200. The molecule has 5 nitrogen and oxygen atoms in total. The van der Waals surface area contributed by atoms with Crippen LogP contribution in [0.5, 0.6) is 5.75 Å². The molecule has 1 saturated heterocycles. The van der Waals surface area contributed by atoms with Gasteiger partial charge >= 0.3 is 0 Å². The van der Waals surface area contributed by atoms with E-state index in [0.717, 1.165) is 26.5 Å². The molecule has 0 aromatic heterocycles. The molecule has 3 rings (SSSR count). The van der Waals surface area contributed by atoms with E-state index in [-0.39, 0.29) is 23.5 Å². The summed E-state index contributed by atoms with van der Waals surface area (Å²) in [7, 11) is 1.52. The van der Waals surface area contributed by atoms with Gasteiger partial charge in [-0.3, -0.25) is 14.5 Å². The summed E-state index contributed by atoms with van der Waals surface area (Å²) in [5.74, 6) is 0.100. The van der Waals surface area contributed by atoms with Gasteiger partial charge in [-0.05, 0) is 75.8 Å². The first-order chi connectivity index (χ1) is 13.5. The van der Waals surface area contributed by atoms with Crippen molar-refractivity contribution in [2.24, 2.45) is 0 Å². The Bertz CT molecular complexity index is 917. The predicted octanol–water partition coefficient (Wildman–Crippen LogP) is 4.69. The number of hydrogen-bond acceptors (Lipinski definition) is 5. The van der Waals surface area contributed by atoms with Gasteiger partial charge in [-0.2, -0.15) is 0 Å². The van der Waals surface area contributed by atoms with Crippen LogP contribution in [0.15, 0.2) is 47.4 Å². The smallest absolute Gasteiger partial charge is 0.293 e. The number of amides is 2. The number of thioether (sulfide) groups is 1. The highest BCUT2D eigenvalue weighted by Gasteiger charge is 2.34. The molecule has 0 radical (unpaired) electrons. The summed E-state index contributed by atoms with van der Waals surface area (Å²) in [5, 5.41) is -0.290. The Labute approximate surface area is 180 Å². The van der Waals surface area contributed by atoms with Gasteiger partial charge in [-0.25, -0.2) is 4.39 Å². The average molecular weight is 513 g/mol. The molecule has 1 heterocycles. The predicted molar refractivity (Wildman–Crippen MR) is 114 cm³/mol. The third-order valence-corrected chi connectivity index (χ3v) is 5.70. The molecule has 0 atom stereocenters. The van der Waals surface area contributed by atoms with Crippen molar-refractivity contribution in [3.8, 4) is 5.75 Å². The lowest BCUT2D eigenvalue weighted by molar-refractivity contribution is -0.123. The van der Waals surface area contributed by atoms with Gasteiger partial charge in [0.2, 0.25) is 0 Å². The van der Waals surface area contributed by atoms with Crippen molar-refractivity contribution in [2.45, 2.75) is 6.61 Å². The number of hydrogen-bond donors (Lipinski definition) is 0. The largest absolute Gasteiger partial charge is 0.488 e. The van der Waals surface area contributed by atoms with Gasteiger partial charge in [0.05, 0.1) is 21.6 Å². The van der Waals surface area contributed by atoms with E-state index in [2.05, 4.69) is 22.6 Å². The van der Waals surface area contributed by atoms with Gasteiger partial charge in [-0.1, -0.05) is 18.2 Å². The number of nitrogens with zero attached hydrogens (tertiary/aromatic N) is 1. The van der Waals surface area contributed by atoms with Gasteiger partial charge < -0.3 is 9.47 Å². The van der Waals surface area contributed by atoms with Gasteiger partial charge in [0.25, 0.3) is 11.1 Å². The molecule has 1 aliphatic rings. The molecule has 0 bridgehead atoms. The monoisotopic (exact) mass is 513 g/mol. The second-order valence-corrected chi connectivity index (χ2v) is 8.09. The number of carbonyl (C=O) groups excluding carboxylic acids is 2. The Morgan fingerprint density at radius 1 is 1.18 bits per heavy atom. The highest BCUT2D eigenvalue weighted by atomic mass is 127. The Balaban J connectivity index is 1.68. The molecule has 0 aliphatic carbocycles. The van der Waals surface area contributed by atoms with E-state index >= 15 is 0 Å². The number of imide groups is 1. The van der Waals surface area contributed by atoms with Crippen LogP contribution in [0.25, 0.3) is 6.08 Å². The third-order valence-electron chi connectivity index (χ3n) is 3.95. The zero-order chi connectivity index (χ0) is 20.1. The lowest BCUT2D eigenvalue weighted by Gasteiger charge is -2.11. The molecule has 8 heteroatoms. The van der Waals surface area contributed by atoms with E-state index in [0.29, 0.717) is 23.9 Å². The zero-order valence-electron chi connectivity index (χ0n) is 15.0. The van der Waals surface area contributed by atoms with Crippen LogP contribution < -0.4 is 4.74 Å². The first-order valence-corrected chi connectivity index (χ1v) is 10.3. The molecule has 0 saturated carbocycles. The molecular formula is C20H17FINO4S. The van der Waals surface area contributed by atoms with E-state index in [1.807, 2.05) is 18.2 Å². The highest BCUT2D eigenvalue weighted by molar-refractivity contribution is 14.1. The van der Waals surface area contributed by atoms with Crippen molar-refractivity contribution < 1.29 is 23.5 Å². The second kappa shape index (κ2) is 9.53. The fourth-order valence-electron chi connectivity index (χ4n) is 2.49. The first kappa shape index (κ1) is 20.8. The average Bonchev–Trinajstić information content (AvgIpc) is 2.94. The summed E-state index contributed by atoms with van der Waals surface area (Å²) in [6.07, 6.45) is 1.70. The number of ether oxygens (including phenoxy) is 2.